The molecule has 0 aliphatic carbocycles. The predicted molar refractivity (Wildman–Crippen MR) is 60.8 cm³/mol. The van der Waals surface area contributed by atoms with Gasteiger partial charge in [-0.05, 0) is 18.8 Å². The Morgan fingerprint density at radius 1 is 1.31 bits per heavy atom. The van der Waals surface area contributed by atoms with E-state index in [9.17, 15) is 9.59 Å². The van der Waals surface area contributed by atoms with Crippen LogP contribution in [0.2, 0.25) is 0 Å². The Morgan fingerprint density at radius 3 is 2.38 bits per heavy atom. The predicted octanol–water partition coefficient (Wildman–Crippen LogP) is 0.699. The molecule has 0 rings (SSSR count). The fraction of sp³-hybridized carbons (Fsp3) is 0.800. The minimum atomic E-state index is -1.18. The van der Waals surface area contributed by atoms with Crippen molar-refractivity contribution in [2.24, 2.45) is 5.92 Å². The molecule has 0 spiro atoms. The normalized spacial score (nSPS) is 12.2. The number of hydrogen-bond donors (Lipinski definition) is 4. The van der Waals surface area contributed by atoms with Crippen molar-refractivity contribution in [3.8, 4) is 0 Å². The molecule has 2 amide bonds. The first-order valence-electron chi connectivity index (χ1n) is 5.49. The lowest BCUT2D eigenvalue weighted by Crippen LogP contribution is -2.51. The second-order valence-electron chi connectivity index (χ2n) is 4.05. The minimum absolute atomic E-state index is 0.244. The van der Waals surface area contributed by atoms with Crippen LogP contribution in [0.15, 0.2) is 0 Å². The Hall–Kier alpha value is -1.30. The van der Waals surface area contributed by atoms with Crippen LogP contribution in [0.4, 0.5) is 4.79 Å². The first kappa shape index (κ1) is 14.7. The number of carboxylic acid groups (broad SMARTS) is 1. The van der Waals surface area contributed by atoms with E-state index in [-0.39, 0.29) is 11.8 Å². The summed E-state index contributed by atoms with van der Waals surface area (Å²) in [7, 11) is 0. The van der Waals surface area contributed by atoms with Crippen LogP contribution in [0, 0.1) is 5.92 Å². The lowest BCUT2D eigenvalue weighted by molar-refractivity contribution is -0.124. The summed E-state index contributed by atoms with van der Waals surface area (Å²) < 4.78 is 0. The molecule has 6 nitrogen and oxygen atoms in total. The molecule has 0 aromatic heterocycles. The van der Waals surface area contributed by atoms with Crippen molar-refractivity contribution in [2.45, 2.75) is 39.7 Å². The third-order valence-electron chi connectivity index (χ3n) is 1.91. The molecular formula is C10H21N3O3. The lowest BCUT2D eigenvalue weighted by Gasteiger charge is -2.18. The van der Waals surface area contributed by atoms with E-state index in [1.54, 1.807) is 0 Å². The SMILES string of the molecule is CCCNNC(=O)[C@H](CC(C)C)NC(=O)O. The summed E-state index contributed by atoms with van der Waals surface area (Å²) in [4.78, 5) is 22.1. The van der Waals surface area contributed by atoms with Crippen LogP contribution in [0.3, 0.4) is 0 Å². The number of nitrogens with one attached hydrogen (secondary N) is 3. The van der Waals surface area contributed by atoms with Gasteiger partial charge in [0, 0.05) is 6.54 Å². The van der Waals surface area contributed by atoms with Crippen molar-refractivity contribution < 1.29 is 14.7 Å². The van der Waals surface area contributed by atoms with E-state index in [1.165, 1.54) is 0 Å². The molecule has 0 fully saturated rings. The van der Waals surface area contributed by atoms with Gasteiger partial charge in [-0.25, -0.2) is 10.2 Å². The Kier molecular flexibility index (Phi) is 7.28. The van der Waals surface area contributed by atoms with Crippen molar-refractivity contribution in [2.75, 3.05) is 6.54 Å². The summed E-state index contributed by atoms with van der Waals surface area (Å²) in [6, 6.07) is -0.707. The van der Waals surface area contributed by atoms with Crippen LogP contribution >= 0.6 is 0 Å². The third kappa shape index (κ3) is 7.05. The van der Waals surface area contributed by atoms with E-state index in [2.05, 4.69) is 16.2 Å². The molecule has 0 aliphatic rings. The fourth-order valence-electron chi connectivity index (χ4n) is 1.21. The lowest BCUT2D eigenvalue weighted by atomic mass is 10.0. The Bertz CT molecular complexity index is 231. The van der Waals surface area contributed by atoms with Gasteiger partial charge in [0.15, 0.2) is 0 Å². The van der Waals surface area contributed by atoms with Crippen molar-refractivity contribution in [3.63, 3.8) is 0 Å². The number of amides is 2. The maximum Gasteiger partial charge on any atom is 0.405 e. The van der Waals surface area contributed by atoms with Gasteiger partial charge in [0.2, 0.25) is 0 Å². The maximum absolute atomic E-state index is 11.6. The van der Waals surface area contributed by atoms with Crippen LogP contribution in [0.25, 0.3) is 0 Å². The van der Waals surface area contributed by atoms with Gasteiger partial charge in [0.1, 0.15) is 6.04 Å². The van der Waals surface area contributed by atoms with Gasteiger partial charge >= 0.3 is 6.09 Å². The number of carbonyl (C=O) groups excluding carboxylic acids is 1. The molecule has 16 heavy (non-hydrogen) atoms. The summed E-state index contributed by atoms with van der Waals surface area (Å²) in [5.41, 5.74) is 5.21. The third-order valence-corrected chi connectivity index (χ3v) is 1.91. The van der Waals surface area contributed by atoms with Gasteiger partial charge in [-0.2, -0.15) is 0 Å². The maximum atomic E-state index is 11.6. The van der Waals surface area contributed by atoms with Crippen LogP contribution in [-0.4, -0.2) is 29.7 Å². The van der Waals surface area contributed by atoms with Crippen LogP contribution in [-0.2, 0) is 4.79 Å². The first-order chi connectivity index (χ1) is 7.47. The van der Waals surface area contributed by atoms with Gasteiger partial charge in [0.05, 0.1) is 0 Å². The summed E-state index contributed by atoms with van der Waals surface area (Å²) in [6.45, 7) is 6.50. The van der Waals surface area contributed by atoms with Crippen LogP contribution in [0.1, 0.15) is 33.6 Å². The van der Waals surface area contributed by atoms with E-state index < -0.39 is 12.1 Å². The minimum Gasteiger partial charge on any atom is -0.465 e. The van der Waals surface area contributed by atoms with Gasteiger partial charge < -0.3 is 10.4 Å². The standard InChI is InChI=1S/C10H21N3O3/c1-4-5-11-13-9(14)8(6-7(2)3)12-10(15)16/h7-8,11-12H,4-6H2,1-3H3,(H,13,14)(H,15,16)/t8-/m0/s1. The van der Waals surface area contributed by atoms with Gasteiger partial charge in [-0.15, -0.1) is 0 Å². The molecule has 0 bridgehead atoms. The smallest absolute Gasteiger partial charge is 0.405 e. The highest BCUT2D eigenvalue weighted by Crippen LogP contribution is 2.04. The van der Waals surface area contributed by atoms with E-state index in [4.69, 9.17) is 5.11 Å². The van der Waals surface area contributed by atoms with Gasteiger partial charge in [-0.3, -0.25) is 10.2 Å². The average molecular weight is 231 g/mol. The second-order valence-corrected chi connectivity index (χ2v) is 4.05. The zero-order chi connectivity index (χ0) is 12.6. The van der Waals surface area contributed by atoms with Crippen LogP contribution in [0.5, 0.6) is 0 Å². The molecule has 0 saturated carbocycles. The molecule has 0 radical (unpaired) electrons. The molecule has 0 saturated heterocycles. The Morgan fingerprint density at radius 2 is 1.94 bits per heavy atom. The molecule has 0 aromatic carbocycles. The monoisotopic (exact) mass is 231 g/mol. The molecule has 6 heteroatoms. The quantitative estimate of drug-likeness (QED) is 0.383. The first-order valence-corrected chi connectivity index (χ1v) is 5.49. The summed E-state index contributed by atoms with van der Waals surface area (Å²) >= 11 is 0. The Labute approximate surface area is 95.8 Å². The number of carbonyl (C=O) groups is 2. The van der Waals surface area contributed by atoms with E-state index in [0.717, 1.165) is 6.42 Å². The number of hydrogen-bond acceptors (Lipinski definition) is 3. The van der Waals surface area contributed by atoms with Gasteiger partial charge in [-0.1, -0.05) is 20.8 Å². The zero-order valence-electron chi connectivity index (χ0n) is 10.0. The highest BCUT2D eigenvalue weighted by atomic mass is 16.4. The molecule has 0 aromatic rings. The molecule has 0 heterocycles. The van der Waals surface area contributed by atoms with Crippen molar-refractivity contribution in [3.05, 3.63) is 0 Å². The summed E-state index contributed by atoms with van der Waals surface area (Å²) in [6.07, 6.45) is 0.184. The largest absolute Gasteiger partial charge is 0.465 e. The van der Waals surface area contributed by atoms with Crippen molar-refractivity contribution in [1.29, 1.82) is 0 Å². The molecule has 94 valence electrons. The van der Waals surface area contributed by atoms with Gasteiger partial charge in [0.25, 0.3) is 5.91 Å². The molecular weight excluding hydrogens is 210 g/mol. The van der Waals surface area contributed by atoms with E-state index >= 15 is 0 Å². The van der Waals surface area contributed by atoms with Crippen molar-refractivity contribution >= 4 is 12.0 Å². The summed E-state index contributed by atoms with van der Waals surface area (Å²) in [5.74, 6) is -0.0988. The second kappa shape index (κ2) is 7.92. The number of hydrazine groups is 1. The molecule has 0 aliphatic heterocycles. The van der Waals surface area contributed by atoms with Crippen LogP contribution < -0.4 is 16.2 Å². The zero-order valence-corrected chi connectivity index (χ0v) is 10.0. The molecule has 0 unspecified atom stereocenters. The topological polar surface area (TPSA) is 90.5 Å². The summed E-state index contributed by atoms with van der Waals surface area (Å²) in [5, 5.41) is 10.8. The number of rotatable bonds is 7. The van der Waals surface area contributed by atoms with Crippen molar-refractivity contribution in [1.82, 2.24) is 16.2 Å². The Balaban J connectivity index is 4.15. The van der Waals surface area contributed by atoms with E-state index in [1.807, 2.05) is 20.8 Å². The molecule has 1 atom stereocenters. The highest BCUT2D eigenvalue weighted by molar-refractivity contribution is 5.84. The average Bonchev–Trinajstić information content (AvgIpc) is 2.15. The highest BCUT2D eigenvalue weighted by Gasteiger charge is 2.21. The van der Waals surface area contributed by atoms with E-state index in [0.29, 0.717) is 13.0 Å². The fourth-order valence-corrected chi connectivity index (χ4v) is 1.21. The molecule has 4 N–H and O–H groups in total.